The smallest absolute Gasteiger partial charge is 0.278 e. The second-order valence-corrected chi connectivity index (χ2v) is 7.23. The normalized spacial score (nSPS) is 11.0. The largest absolute Gasteiger partial charge is 0.495 e. The highest BCUT2D eigenvalue weighted by Crippen LogP contribution is 2.31. The Labute approximate surface area is 183 Å². The van der Waals surface area contributed by atoms with Crippen LogP contribution in [0.5, 0.6) is 5.75 Å². The van der Waals surface area contributed by atoms with E-state index >= 15 is 0 Å². The Hall–Kier alpha value is -3.49. The van der Waals surface area contributed by atoms with Crippen LogP contribution in [-0.2, 0) is 11.3 Å². The highest BCUT2D eigenvalue weighted by atomic mass is 35.5. The van der Waals surface area contributed by atoms with Gasteiger partial charge in [0.1, 0.15) is 5.75 Å². The molecule has 31 heavy (non-hydrogen) atoms. The molecule has 158 valence electrons. The van der Waals surface area contributed by atoms with Gasteiger partial charge in [0.25, 0.3) is 5.91 Å². The lowest BCUT2D eigenvalue weighted by molar-refractivity contribution is 0.101. The lowest BCUT2D eigenvalue weighted by Crippen LogP contribution is -2.19. The standard InChI is InChI=1S/C22H20ClN5O3/c1-13-20(22(29)24-16-9-4-5-10-18(16)31-3)25-26-21-19(14-7-6-8-15(23)11-14)17(12-30-2)27-28(13)21/h4-11H,12H2,1-3H3,(H,24,29). The highest BCUT2D eigenvalue weighted by Gasteiger charge is 2.22. The molecule has 4 rings (SSSR count). The van der Waals surface area contributed by atoms with Crippen LogP contribution in [0.25, 0.3) is 16.8 Å². The van der Waals surface area contributed by atoms with Crippen LogP contribution in [0.2, 0.25) is 5.02 Å². The van der Waals surface area contributed by atoms with Crippen LogP contribution in [0.1, 0.15) is 21.9 Å². The first kappa shape index (κ1) is 20.8. The SMILES string of the molecule is COCc1nn2c(C)c(C(=O)Nc3ccccc3OC)nnc2c1-c1cccc(Cl)c1. The summed E-state index contributed by atoms with van der Waals surface area (Å²) in [5.74, 6) is 0.136. The number of nitrogens with one attached hydrogen (secondary N) is 1. The number of rotatable bonds is 6. The summed E-state index contributed by atoms with van der Waals surface area (Å²) < 4.78 is 12.2. The van der Waals surface area contributed by atoms with Crippen molar-refractivity contribution in [3.05, 3.63) is 70.6 Å². The first-order valence-electron chi connectivity index (χ1n) is 9.47. The third-order valence-corrected chi connectivity index (χ3v) is 5.04. The predicted molar refractivity (Wildman–Crippen MR) is 118 cm³/mol. The molecular formula is C22H20ClN5O3. The van der Waals surface area contributed by atoms with E-state index in [2.05, 4.69) is 20.6 Å². The van der Waals surface area contributed by atoms with E-state index in [9.17, 15) is 4.79 Å². The molecule has 2 aromatic heterocycles. The number of amides is 1. The molecule has 0 aliphatic carbocycles. The number of anilines is 1. The number of benzene rings is 2. The molecule has 0 bridgehead atoms. The number of ether oxygens (including phenoxy) is 2. The van der Waals surface area contributed by atoms with Gasteiger partial charge in [-0.1, -0.05) is 35.9 Å². The zero-order valence-corrected chi connectivity index (χ0v) is 18.0. The molecule has 0 unspecified atom stereocenters. The van der Waals surface area contributed by atoms with Crippen molar-refractivity contribution in [1.82, 2.24) is 19.8 Å². The van der Waals surface area contributed by atoms with Gasteiger partial charge in [-0.3, -0.25) is 4.79 Å². The molecule has 2 aromatic carbocycles. The molecule has 0 aliphatic rings. The second-order valence-electron chi connectivity index (χ2n) is 6.79. The Morgan fingerprint density at radius 1 is 1.13 bits per heavy atom. The number of para-hydroxylation sites is 2. The van der Waals surface area contributed by atoms with Crippen molar-refractivity contribution in [2.45, 2.75) is 13.5 Å². The Morgan fingerprint density at radius 2 is 1.94 bits per heavy atom. The average molecular weight is 438 g/mol. The van der Waals surface area contributed by atoms with Crippen molar-refractivity contribution < 1.29 is 14.3 Å². The van der Waals surface area contributed by atoms with Gasteiger partial charge in [0.2, 0.25) is 0 Å². The summed E-state index contributed by atoms with van der Waals surface area (Å²) in [6.45, 7) is 2.04. The van der Waals surface area contributed by atoms with Gasteiger partial charge >= 0.3 is 0 Å². The molecule has 8 nitrogen and oxygen atoms in total. The molecule has 4 aromatic rings. The van der Waals surface area contributed by atoms with Gasteiger partial charge in [-0.2, -0.15) is 5.10 Å². The van der Waals surface area contributed by atoms with E-state index in [1.807, 2.05) is 30.3 Å². The Bertz CT molecular complexity index is 1270. The van der Waals surface area contributed by atoms with E-state index in [1.54, 1.807) is 43.9 Å². The van der Waals surface area contributed by atoms with Gasteiger partial charge in [-0.15, -0.1) is 10.2 Å². The van der Waals surface area contributed by atoms with Crippen molar-refractivity contribution in [2.75, 3.05) is 19.5 Å². The number of hydrogen-bond acceptors (Lipinski definition) is 6. The molecule has 0 spiro atoms. The first-order valence-corrected chi connectivity index (χ1v) is 9.85. The number of fused-ring (bicyclic) bond motifs is 1. The fourth-order valence-corrected chi connectivity index (χ4v) is 3.56. The lowest BCUT2D eigenvalue weighted by Gasteiger charge is -2.10. The minimum atomic E-state index is -0.413. The molecule has 2 heterocycles. The molecule has 0 radical (unpaired) electrons. The van der Waals surface area contributed by atoms with Gasteiger partial charge in [-0.05, 0) is 36.8 Å². The van der Waals surface area contributed by atoms with Gasteiger partial charge in [-0.25, -0.2) is 4.52 Å². The van der Waals surface area contributed by atoms with Crippen LogP contribution in [0, 0.1) is 6.92 Å². The minimum Gasteiger partial charge on any atom is -0.495 e. The molecule has 0 fully saturated rings. The summed E-state index contributed by atoms with van der Waals surface area (Å²) in [4.78, 5) is 12.9. The quantitative estimate of drug-likeness (QED) is 0.487. The Morgan fingerprint density at radius 3 is 2.68 bits per heavy atom. The molecule has 1 amide bonds. The fraction of sp³-hybridized carbons (Fsp3) is 0.182. The van der Waals surface area contributed by atoms with Crippen LogP contribution in [0.15, 0.2) is 48.5 Å². The molecule has 1 N–H and O–H groups in total. The number of aromatic nitrogens is 4. The highest BCUT2D eigenvalue weighted by molar-refractivity contribution is 6.30. The third kappa shape index (κ3) is 3.95. The van der Waals surface area contributed by atoms with Gasteiger partial charge in [0.15, 0.2) is 11.3 Å². The zero-order chi connectivity index (χ0) is 22.0. The van der Waals surface area contributed by atoms with E-state index in [0.717, 1.165) is 11.1 Å². The van der Waals surface area contributed by atoms with E-state index in [0.29, 0.717) is 33.5 Å². The van der Waals surface area contributed by atoms with E-state index < -0.39 is 5.91 Å². The molecular weight excluding hydrogens is 418 g/mol. The van der Waals surface area contributed by atoms with Crippen LogP contribution >= 0.6 is 11.6 Å². The summed E-state index contributed by atoms with van der Waals surface area (Å²) in [6, 6.07) is 14.5. The third-order valence-electron chi connectivity index (χ3n) is 4.80. The van der Waals surface area contributed by atoms with Gasteiger partial charge in [0.05, 0.1) is 36.4 Å². The van der Waals surface area contributed by atoms with E-state index in [4.69, 9.17) is 21.1 Å². The molecule has 0 saturated carbocycles. The van der Waals surface area contributed by atoms with Crippen LogP contribution < -0.4 is 10.1 Å². The topological polar surface area (TPSA) is 90.6 Å². The minimum absolute atomic E-state index is 0.155. The number of nitrogens with zero attached hydrogens (tertiary/aromatic N) is 4. The van der Waals surface area contributed by atoms with Crippen molar-refractivity contribution in [3.63, 3.8) is 0 Å². The maximum Gasteiger partial charge on any atom is 0.278 e. The van der Waals surface area contributed by atoms with Crippen molar-refractivity contribution in [2.24, 2.45) is 0 Å². The molecule has 9 heteroatoms. The van der Waals surface area contributed by atoms with Crippen molar-refractivity contribution >= 4 is 28.8 Å². The Balaban J connectivity index is 1.80. The van der Waals surface area contributed by atoms with E-state index in [1.165, 1.54) is 0 Å². The summed E-state index contributed by atoms with van der Waals surface area (Å²) >= 11 is 6.18. The number of hydrogen-bond donors (Lipinski definition) is 1. The number of carbonyl (C=O) groups excluding carboxylic acids is 1. The Kier molecular flexibility index (Phi) is 5.83. The maximum atomic E-state index is 12.9. The first-order chi connectivity index (χ1) is 15.0. The van der Waals surface area contributed by atoms with E-state index in [-0.39, 0.29) is 12.3 Å². The summed E-state index contributed by atoms with van der Waals surface area (Å²) in [5.41, 5.74) is 4.03. The lowest BCUT2D eigenvalue weighted by atomic mass is 10.1. The van der Waals surface area contributed by atoms with Crippen LogP contribution in [0.4, 0.5) is 5.69 Å². The van der Waals surface area contributed by atoms with Crippen LogP contribution in [0.3, 0.4) is 0 Å². The molecule has 0 aliphatic heterocycles. The summed E-state index contributed by atoms with van der Waals surface area (Å²) in [6.07, 6.45) is 0. The van der Waals surface area contributed by atoms with Gasteiger partial charge in [0, 0.05) is 12.1 Å². The number of carbonyl (C=O) groups is 1. The van der Waals surface area contributed by atoms with Gasteiger partial charge < -0.3 is 14.8 Å². The monoisotopic (exact) mass is 437 g/mol. The maximum absolute atomic E-state index is 12.9. The number of halogens is 1. The van der Waals surface area contributed by atoms with Crippen molar-refractivity contribution in [3.8, 4) is 16.9 Å². The number of aryl methyl sites for hydroxylation is 1. The predicted octanol–water partition coefficient (Wildman–Crippen LogP) is 4.16. The average Bonchev–Trinajstić information content (AvgIpc) is 3.13. The molecule has 0 saturated heterocycles. The summed E-state index contributed by atoms with van der Waals surface area (Å²) in [7, 11) is 3.14. The zero-order valence-electron chi connectivity index (χ0n) is 17.2. The van der Waals surface area contributed by atoms with Crippen molar-refractivity contribution in [1.29, 1.82) is 0 Å². The summed E-state index contributed by atoms with van der Waals surface area (Å²) in [5, 5.41) is 16.6. The molecule has 0 atom stereocenters. The van der Waals surface area contributed by atoms with Crippen LogP contribution in [-0.4, -0.2) is 39.9 Å². The second kappa shape index (κ2) is 8.71. The number of methoxy groups -OCH3 is 2. The fourth-order valence-electron chi connectivity index (χ4n) is 3.37.